The molecule has 6 rings (SSSR count). The summed E-state index contributed by atoms with van der Waals surface area (Å²) in [4.78, 5) is 33.3. The molecule has 0 aliphatic carbocycles. The van der Waals surface area contributed by atoms with Gasteiger partial charge in [-0.1, -0.05) is 83.6 Å². The number of nitrogens with zero attached hydrogens (tertiary/aromatic N) is 2. The first-order valence-electron chi connectivity index (χ1n) is 15.0. The van der Waals surface area contributed by atoms with Gasteiger partial charge in [-0.25, -0.2) is 14.2 Å². The van der Waals surface area contributed by atoms with Crippen molar-refractivity contribution >= 4 is 40.7 Å². The Labute approximate surface area is 279 Å². The molecule has 1 aliphatic heterocycles. The summed E-state index contributed by atoms with van der Waals surface area (Å²) < 4.78 is 33.4. The van der Waals surface area contributed by atoms with E-state index in [4.69, 9.17) is 30.8 Å². The Morgan fingerprint density at radius 3 is 2.43 bits per heavy atom. The highest BCUT2D eigenvalue weighted by atomic mass is 35.5. The summed E-state index contributed by atoms with van der Waals surface area (Å²) in [7, 11) is 0. The summed E-state index contributed by atoms with van der Waals surface area (Å²) in [6, 6.07) is 27.2. The summed E-state index contributed by atoms with van der Waals surface area (Å²) in [5.41, 5.74) is 2.63. The van der Waals surface area contributed by atoms with Gasteiger partial charge in [-0.2, -0.15) is 0 Å². The second-order valence-corrected chi connectivity index (χ2v) is 11.9. The van der Waals surface area contributed by atoms with Gasteiger partial charge in [0.15, 0.2) is 4.80 Å². The van der Waals surface area contributed by atoms with Crippen molar-refractivity contribution in [3.63, 3.8) is 0 Å². The molecule has 5 aromatic rings. The molecule has 0 fully saturated rings. The Balaban J connectivity index is 1.54. The second-order valence-electron chi connectivity index (χ2n) is 10.5. The first-order valence-corrected chi connectivity index (χ1v) is 16.2. The minimum absolute atomic E-state index is 0.0164. The molecule has 4 aromatic carbocycles. The standard InChI is InChI=1S/C37H30ClFN2O5S/c1-3-44-28-17-14-24(15-18-28)34-32(36(43)45-4-2)33(23-10-6-5-7-11-23)40-37-41(34)35(42)31(47-37)21-26-20-27(38)16-19-30(26)46-22-25-12-8-9-13-29(25)39/h5-21,34H,3-4,22H2,1-2H3/b31-21-/t34-/m0/s1. The van der Waals surface area contributed by atoms with Gasteiger partial charge in [-0.3, -0.25) is 9.36 Å². The number of carbonyl (C=O) groups excluding carboxylic acids is 1. The lowest BCUT2D eigenvalue weighted by atomic mass is 9.93. The van der Waals surface area contributed by atoms with Crippen molar-refractivity contribution in [3.8, 4) is 11.5 Å². The Hall–Kier alpha value is -4.99. The topological polar surface area (TPSA) is 79.1 Å². The van der Waals surface area contributed by atoms with Crippen LogP contribution in [0, 0.1) is 5.82 Å². The van der Waals surface area contributed by atoms with Crippen LogP contribution in [0.1, 0.15) is 42.1 Å². The highest BCUT2D eigenvalue weighted by Gasteiger charge is 2.35. The maximum atomic E-state index is 14.3. The molecule has 0 spiro atoms. The summed E-state index contributed by atoms with van der Waals surface area (Å²) in [5.74, 6) is 0.139. The maximum absolute atomic E-state index is 14.3. The number of carbonyl (C=O) groups is 1. The molecule has 0 unspecified atom stereocenters. The minimum atomic E-state index is -0.838. The largest absolute Gasteiger partial charge is 0.494 e. The number of fused-ring (bicyclic) bond motifs is 1. The van der Waals surface area contributed by atoms with E-state index < -0.39 is 12.0 Å². The van der Waals surface area contributed by atoms with Crippen LogP contribution in [0.2, 0.25) is 5.02 Å². The summed E-state index contributed by atoms with van der Waals surface area (Å²) >= 11 is 7.56. The molecule has 0 N–H and O–H groups in total. The monoisotopic (exact) mass is 668 g/mol. The van der Waals surface area contributed by atoms with Gasteiger partial charge in [0.25, 0.3) is 5.56 Å². The Morgan fingerprint density at radius 1 is 0.957 bits per heavy atom. The van der Waals surface area contributed by atoms with Crippen LogP contribution in [0.25, 0.3) is 11.8 Å². The van der Waals surface area contributed by atoms with Gasteiger partial charge in [0.1, 0.15) is 23.9 Å². The zero-order valence-electron chi connectivity index (χ0n) is 25.6. The molecular formula is C37H30ClFN2O5S. The van der Waals surface area contributed by atoms with Crippen molar-refractivity contribution in [3.05, 3.63) is 155 Å². The third kappa shape index (κ3) is 6.77. The van der Waals surface area contributed by atoms with Crippen LogP contribution in [0.15, 0.2) is 112 Å². The average Bonchev–Trinajstić information content (AvgIpc) is 3.39. The maximum Gasteiger partial charge on any atom is 0.338 e. The number of hydrogen-bond donors (Lipinski definition) is 0. The number of aromatic nitrogens is 1. The van der Waals surface area contributed by atoms with Crippen LogP contribution in [-0.2, 0) is 16.1 Å². The van der Waals surface area contributed by atoms with E-state index in [-0.39, 0.29) is 30.2 Å². The van der Waals surface area contributed by atoms with E-state index in [0.717, 1.165) is 0 Å². The summed E-state index contributed by atoms with van der Waals surface area (Å²) in [6.45, 7) is 4.26. The first-order chi connectivity index (χ1) is 22.9. The highest BCUT2D eigenvalue weighted by Crippen LogP contribution is 2.36. The lowest BCUT2D eigenvalue weighted by molar-refractivity contribution is -0.138. The lowest BCUT2D eigenvalue weighted by Crippen LogP contribution is -2.40. The van der Waals surface area contributed by atoms with E-state index in [1.165, 1.54) is 22.0 Å². The van der Waals surface area contributed by atoms with Crippen LogP contribution in [0.4, 0.5) is 4.39 Å². The minimum Gasteiger partial charge on any atom is -0.494 e. The van der Waals surface area contributed by atoms with Gasteiger partial charge in [0.2, 0.25) is 0 Å². The van der Waals surface area contributed by atoms with E-state index in [1.54, 1.807) is 49.4 Å². The molecule has 10 heteroatoms. The third-order valence-electron chi connectivity index (χ3n) is 7.48. The molecule has 0 saturated carbocycles. The van der Waals surface area contributed by atoms with Crippen LogP contribution in [0.3, 0.4) is 0 Å². The van der Waals surface area contributed by atoms with Gasteiger partial charge in [0.05, 0.1) is 35.1 Å². The van der Waals surface area contributed by atoms with Gasteiger partial charge < -0.3 is 14.2 Å². The van der Waals surface area contributed by atoms with Gasteiger partial charge >= 0.3 is 5.97 Å². The fraction of sp³-hybridized carbons (Fsp3) is 0.162. The zero-order chi connectivity index (χ0) is 32.9. The molecule has 7 nitrogen and oxygen atoms in total. The molecule has 0 bridgehead atoms. The van der Waals surface area contributed by atoms with Crippen LogP contribution < -0.4 is 24.4 Å². The molecule has 238 valence electrons. The predicted molar refractivity (Wildman–Crippen MR) is 181 cm³/mol. The first kappa shape index (κ1) is 32.0. The summed E-state index contributed by atoms with van der Waals surface area (Å²) in [5, 5.41) is 0.436. The normalized spacial score (nSPS) is 14.4. The van der Waals surface area contributed by atoms with Crippen molar-refractivity contribution in [1.29, 1.82) is 0 Å². The van der Waals surface area contributed by atoms with E-state index >= 15 is 0 Å². The molecule has 47 heavy (non-hydrogen) atoms. The molecule has 1 aliphatic rings. The Bertz CT molecular complexity index is 2140. The number of benzene rings is 4. The second kappa shape index (κ2) is 14.2. The number of hydrogen-bond acceptors (Lipinski definition) is 7. The van der Waals surface area contributed by atoms with Gasteiger partial charge in [0, 0.05) is 21.7 Å². The molecule has 2 heterocycles. The molecule has 1 atom stereocenters. The summed E-state index contributed by atoms with van der Waals surface area (Å²) in [6.07, 6.45) is 1.68. The predicted octanol–water partition coefficient (Wildman–Crippen LogP) is 6.71. The average molecular weight is 669 g/mol. The SMILES string of the molecule is CCOC(=O)C1=C(c2ccccc2)N=c2s/c(=C\c3cc(Cl)ccc3OCc3ccccc3F)c(=O)n2[C@H]1c1ccc(OCC)cc1. The van der Waals surface area contributed by atoms with Crippen molar-refractivity contribution in [2.45, 2.75) is 26.5 Å². The molecular weight excluding hydrogens is 639 g/mol. The van der Waals surface area contributed by atoms with Crippen LogP contribution in [-0.4, -0.2) is 23.8 Å². The lowest BCUT2D eigenvalue weighted by Gasteiger charge is -2.26. The number of ether oxygens (including phenoxy) is 3. The third-order valence-corrected chi connectivity index (χ3v) is 8.70. The van der Waals surface area contributed by atoms with Crippen molar-refractivity contribution < 1.29 is 23.4 Å². The van der Waals surface area contributed by atoms with Gasteiger partial charge in [-0.15, -0.1) is 0 Å². The Morgan fingerprint density at radius 2 is 1.70 bits per heavy atom. The highest BCUT2D eigenvalue weighted by molar-refractivity contribution is 7.07. The number of esters is 1. The van der Waals surface area contributed by atoms with Crippen molar-refractivity contribution in [1.82, 2.24) is 4.57 Å². The van der Waals surface area contributed by atoms with E-state index in [9.17, 15) is 14.0 Å². The quantitative estimate of drug-likeness (QED) is 0.155. The molecule has 0 amide bonds. The molecule has 1 aromatic heterocycles. The Kier molecular flexibility index (Phi) is 9.65. The molecule has 0 saturated heterocycles. The zero-order valence-corrected chi connectivity index (χ0v) is 27.2. The molecule has 0 radical (unpaired) electrons. The fourth-order valence-corrected chi connectivity index (χ4v) is 6.52. The number of halogens is 2. The van der Waals surface area contributed by atoms with Crippen molar-refractivity contribution in [2.75, 3.05) is 13.2 Å². The van der Waals surface area contributed by atoms with Gasteiger partial charge in [-0.05, 0) is 61.9 Å². The van der Waals surface area contributed by atoms with E-state index in [2.05, 4.69) is 0 Å². The van der Waals surface area contributed by atoms with Crippen LogP contribution >= 0.6 is 22.9 Å². The van der Waals surface area contributed by atoms with E-state index in [1.807, 2.05) is 61.5 Å². The van der Waals surface area contributed by atoms with Crippen LogP contribution in [0.5, 0.6) is 11.5 Å². The van der Waals surface area contributed by atoms with Crippen molar-refractivity contribution in [2.24, 2.45) is 4.99 Å². The van der Waals surface area contributed by atoms with E-state index in [0.29, 0.717) is 60.4 Å². The number of thiazole rings is 1. The number of rotatable bonds is 10. The fourth-order valence-electron chi connectivity index (χ4n) is 5.34. The smallest absolute Gasteiger partial charge is 0.338 e.